The molecule has 1 aromatic carbocycles. The van der Waals surface area contributed by atoms with Crippen LogP contribution in [-0.4, -0.2) is 59.7 Å². The second-order valence-electron chi connectivity index (χ2n) is 9.77. The maximum absolute atomic E-state index is 12.9. The van der Waals surface area contributed by atoms with Crippen LogP contribution < -0.4 is 21.1 Å². The zero-order valence-corrected chi connectivity index (χ0v) is 22.2. The number of fused-ring (bicyclic) bond motifs is 3. The van der Waals surface area contributed by atoms with E-state index in [-0.39, 0.29) is 48.1 Å². The van der Waals surface area contributed by atoms with E-state index in [1.165, 1.54) is 18.2 Å². The predicted molar refractivity (Wildman–Crippen MR) is 141 cm³/mol. The minimum Gasteiger partial charge on any atom is -0.495 e. The highest BCUT2D eigenvalue weighted by Gasteiger charge is 2.47. The number of nitrogens with two attached hydrogens (primary N) is 1. The highest BCUT2D eigenvalue weighted by atomic mass is 35.5. The molecule has 2 bridgehead atoms. The monoisotopic (exact) mass is 572 g/mol. The number of halogens is 5. The Bertz CT molecular complexity index is 1230. The first-order chi connectivity index (χ1) is 17.6. The molecule has 1 saturated carbocycles. The van der Waals surface area contributed by atoms with Crippen molar-refractivity contribution in [1.82, 2.24) is 14.9 Å². The molecule has 4 atom stereocenters. The van der Waals surface area contributed by atoms with E-state index in [0.717, 1.165) is 17.5 Å². The maximum Gasteiger partial charge on any atom is 0.401 e. The SMILES string of the molecule is COc1cc2c(cc1Nc1ncc(Cl)c(NC3C4C=CC(C4)C3C(N)=O)n1)CCN(CC(F)(F)F)CC2.Cl. The molecule has 4 unspecified atom stereocenters. The molecule has 206 valence electrons. The van der Waals surface area contributed by atoms with Crippen LogP contribution in [-0.2, 0) is 17.6 Å². The number of nitrogens with zero attached hydrogens (tertiary/aromatic N) is 3. The van der Waals surface area contributed by atoms with Crippen LogP contribution in [0.4, 0.5) is 30.6 Å². The smallest absolute Gasteiger partial charge is 0.401 e. The van der Waals surface area contributed by atoms with Gasteiger partial charge in [0.1, 0.15) is 10.8 Å². The van der Waals surface area contributed by atoms with Crippen molar-refractivity contribution in [2.75, 3.05) is 37.4 Å². The van der Waals surface area contributed by atoms with Gasteiger partial charge in [-0.25, -0.2) is 4.98 Å². The van der Waals surface area contributed by atoms with Gasteiger partial charge in [0.25, 0.3) is 0 Å². The zero-order chi connectivity index (χ0) is 26.3. The number of ether oxygens (including phenoxy) is 1. The summed E-state index contributed by atoms with van der Waals surface area (Å²) in [4.78, 5) is 22.3. The first kappa shape index (κ1) is 28.3. The molecule has 0 saturated heterocycles. The predicted octanol–water partition coefficient (Wildman–Crippen LogP) is 4.35. The van der Waals surface area contributed by atoms with E-state index >= 15 is 0 Å². The quantitative estimate of drug-likeness (QED) is 0.423. The van der Waals surface area contributed by atoms with E-state index in [1.807, 2.05) is 18.2 Å². The molecule has 2 aliphatic carbocycles. The van der Waals surface area contributed by atoms with Crippen molar-refractivity contribution in [2.24, 2.45) is 23.5 Å². The number of aromatic nitrogens is 2. The first-order valence-corrected chi connectivity index (χ1v) is 12.5. The third-order valence-corrected chi connectivity index (χ3v) is 7.68. The lowest BCUT2D eigenvalue weighted by Gasteiger charge is -2.27. The van der Waals surface area contributed by atoms with Crippen LogP contribution >= 0.6 is 24.0 Å². The number of anilines is 3. The minimum atomic E-state index is -4.23. The molecule has 5 rings (SSSR count). The molecule has 0 radical (unpaired) electrons. The van der Waals surface area contributed by atoms with Crippen LogP contribution in [0, 0.1) is 17.8 Å². The number of amides is 1. The van der Waals surface area contributed by atoms with Crippen LogP contribution in [0.3, 0.4) is 0 Å². The molecule has 2 aromatic rings. The van der Waals surface area contributed by atoms with E-state index in [0.29, 0.717) is 48.2 Å². The van der Waals surface area contributed by atoms with Crippen LogP contribution in [0.15, 0.2) is 30.5 Å². The number of nitrogens with one attached hydrogen (secondary N) is 2. The highest BCUT2D eigenvalue weighted by molar-refractivity contribution is 6.32. The van der Waals surface area contributed by atoms with Crippen LogP contribution in [0.5, 0.6) is 5.75 Å². The van der Waals surface area contributed by atoms with Gasteiger partial charge in [0.05, 0.1) is 31.5 Å². The van der Waals surface area contributed by atoms with E-state index in [9.17, 15) is 18.0 Å². The van der Waals surface area contributed by atoms with Gasteiger partial charge in [-0.05, 0) is 54.4 Å². The molecule has 4 N–H and O–H groups in total. The Labute approximate surface area is 229 Å². The van der Waals surface area contributed by atoms with Crippen molar-refractivity contribution >= 4 is 47.4 Å². The minimum absolute atomic E-state index is 0. The summed E-state index contributed by atoms with van der Waals surface area (Å²) in [6.07, 6.45) is 3.19. The van der Waals surface area contributed by atoms with Crippen molar-refractivity contribution in [3.63, 3.8) is 0 Å². The largest absolute Gasteiger partial charge is 0.495 e. The van der Waals surface area contributed by atoms with Gasteiger partial charge in [-0.2, -0.15) is 18.2 Å². The van der Waals surface area contributed by atoms with E-state index in [4.69, 9.17) is 22.1 Å². The number of primary amides is 1. The van der Waals surface area contributed by atoms with Gasteiger partial charge in [-0.3, -0.25) is 9.69 Å². The lowest BCUT2D eigenvalue weighted by atomic mass is 9.88. The fourth-order valence-corrected chi connectivity index (χ4v) is 5.84. The number of benzene rings is 1. The normalized spacial score (nSPS) is 24.3. The maximum atomic E-state index is 12.9. The van der Waals surface area contributed by atoms with Gasteiger partial charge >= 0.3 is 6.18 Å². The van der Waals surface area contributed by atoms with E-state index in [1.54, 1.807) is 0 Å². The molecule has 2 heterocycles. The first-order valence-electron chi connectivity index (χ1n) is 12.1. The number of alkyl halides is 3. The third-order valence-electron chi connectivity index (χ3n) is 7.40. The topological polar surface area (TPSA) is 105 Å². The number of rotatable bonds is 7. The van der Waals surface area contributed by atoms with Gasteiger partial charge < -0.3 is 21.1 Å². The van der Waals surface area contributed by atoms with Gasteiger partial charge in [0, 0.05) is 19.1 Å². The number of carbonyl (C=O) groups is 1. The summed E-state index contributed by atoms with van der Waals surface area (Å²) in [6, 6.07) is 3.51. The second-order valence-corrected chi connectivity index (χ2v) is 10.2. The standard InChI is InChI=1S/C25H28ClF3N6O2.ClH/c1-37-19-10-14-5-7-35(12-25(27,28)29)6-4-13(14)9-18(19)32-24-31-11-17(26)23(34-24)33-21-16-3-2-15(8-16)20(21)22(30)36;/h2-3,9-11,15-16,20-21H,4-8,12H2,1H3,(H2,30,36)(H2,31,32,33,34);1H. The van der Waals surface area contributed by atoms with Crippen molar-refractivity contribution in [3.8, 4) is 5.75 Å². The molecule has 1 fully saturated rings. The van der Waals surface area contributed by atoms with Crippen molar-refractivity contribution < 1.29 is 22.7 Å². The summed E-state index contributed by atoms with van der Waals surface area (Å²) in [5.74, 6) is 0.726. The average molecular weight is 573 g/mol. The molecule has 0 spiro atoms. The van der Waals surface area contributed by atoms with Crippen molar-refractivity contribution in [3.05, 3.63) is 46.6 Å². The van der Waals surface area contributed by atoms with Crippen LogP contribution in [0.2, 0.25) is 5.02 Å². The Hall–Kier alpha value is -2.76. The fourth-order valence-electron chi connectivity index (χ4n) is 5.69. The molecular weight excluding hydrogens is 544 g/mol. The number of carbonyl (C=O) groups excluding carboxylic acids is 1. The van der Waals surface area contributed by atoms with Crippen molar-refractivity contribution in [1.29, 1.82) is 0 Å². The summed E-state index contributed by atoms with van der Waals surface area (Å²) in [7, 11) is 1.53. The lowest BCUT2D eigenvalue weighted by molar-refractivity contribution is -0.145. The molecule has 1 amide bonds. The number of hydrogen-bond acceptors (Lipinski definition) is 7. The Balaban J connectivity index is 0.00000336. The molecule has 3 aliphatic rings. The summed E-state index contributed by atoms with van der Waals surface area (Å²) in [6.45, 7) is -0.294. The van der Waals surface area contributed by atoms with E-state index < -0.39 is 12.7 Å². The summed E-state index contributed by atoms with van der Waals surface area (Å²) < 4.78 is 44.2. The Kier molecular flexibility index (Phi) is 8.29. The van der Waals surface area contributed by atoms with Gasteiger partial charge in [0.15, 0.2) is 5.82 Å². The Morgan fingerprint density at radius 2 is 1.89 bits per heavy atom. The molecule has 1 aromatic heterocycles. The Morgan fingerprint density at radius 1 is 1.21 bits per heavy atom. The molecule has 38 heavy (non-hydrogen) atoms. The molecular formula is C25H29Cl2F3N6O2. The highest BCUT2D eigenvalue weighted by Crippen LogP contribution is 2.45. The molecule has 1 aliphatic heterocycles. The van der Waals surface area contributed by atoms with Crippen molar-refractivity contribution in [2.45, 2.75) is 31.5 Å². The molecule has 8 nitrogen and oxygen atoms in total. The van der Waals surface area contributed by atoms with E-state index in [2.05, 4.69) is 26.7 Å². The number of methoxy groups -OCH3 is 1. The third kappa shape index (κ3) is 5.94. The fraction of sp³-hybridized carbons (Fsp3) is 0.480. The van der Waals surface area contributed by atoms with Gasteiger partial charge in [-0.15, -0.1) is 12.4 Å². The summed E-state index contributed by atoms with van der Waals surface area (Å²) in [5.41, 5.74) is 8.16. The summed E-state index contributed by atoms with van der Waals surface area (Å²) in [5, 5.41) is 6.77. The summed E-state index contributed by atoms with van der Waals surface area (Å²) >= 11 is 6.38. The zero-order valence-electron chi connectivity index (χ0n) is 20.6. The van der Waals surface area contributed by atoms with Gasteiger partial charge in [0.2, 0.25) is 11.9 Å². The average Bonchev–Trinajstić information content (AvgIpc) is 3.39. The van der Waals surface area contributed by atoms with Crippen LogP contribution in [0.1, 0.15) is 17.5 Å². The number of allylic oxidation sites excluding steroid dienone is 1. The Morgan fingerprint density at radius 3 is 2.55 bits per heavy atom. The van der Waals surface area contributed by atoms with Crippen LogP contribution in [0.25, 0.3) is 0 Å². The molecule has 13 heteroatoms. The lowest BCUT2D eigenvalue weighted by Crippen LogP contribution is -2.41. The second kappa shape index (κ2) is 11.2. The van der Waals surface area contributed by atoms with Gasteiger partial charge in [-0.1, -0.05) is 23.8 Å². The number of hydrogen-bond donors (Lipinski definition) is 3.